The van der Waals surface area contributed by atoms with Crippen LogP contribution in [0.1, 0.15) is 17.7 Å². The maximum Gasteiger partial charge on any atom is 0.175 e. The van der Waals surface area contributed by atoms with Crippen LogP contribution in [0.3, 0.4) is 0 Å². The van der Waals surface area contributed by atoms with E-state index >= 15 is 0 Å². The molecule has 3 nitrogen and oxygen atoms in total. The Balaban J connectivity index is 1.72. The molecule has 1 aromatic heterocycles. The van der Waals surface area contributed by atoms with Gasteiger partial charge in [-0.15, -0.1) is 0 Å². The molecule has 3 rings (SSSR count). The molecule has 2 N–H and O–H groups in total. The van der Waals surface area contributed by atoms with Crippen LogP contribution in [-0.4, -0.2) is 5.16 Å². The summed E-state index contributed by atoms with van der Waals surface area (Å²) < 4.78 is 5.41. The van der Waals surface area contributed by atoms with Gasteiger partial charge in [0.1, 0.15) is 5.76 Å². The zero-order valence-corrected chi connectivity index (χ0v) is 11.8. The summed E-state index contributed by atoms with van der Waals surface area (Å²) in [6.07, 6.45) is 2.87. The van der Waals surface area contributed by atoms with E-state index in [0.717, 1.165) is 36.1 Å². The molecule has 0 aliphatic carbocycles. The first-order chi connectivity index (χ1) is 10.3. The minimum Gasteiger partial charge on any atom is -0.380 e. The molecule has 0 saturated heterocycles. The maximum absolute atomic E-state index is 5.95. The van der Waals surface area contributed by atoms with Crippen LogP contribution in [0, 0.1) is 0 Å². The van der Waals surface area contributed by atoms with Crippen molar-refractivity contribution >= 4 is 5.82 Å². The zero-order valence-electron chi connectivity index (χ0n) is 11.8. The zero-order chi connectivity index (χ0) is 14.5. The molecule has 0 amide bonds. The summed E-state index contributed by atoms with van der Waals surface area (Å²) in [6, 6.07) is 20.5. The van der Waals surface area contributed by atoms with Crippen molar-refractivity contribution in [2.45, 2.75) is 19.3 Å². The van der Waals surface area contributed by atoms with E-state index in [0.29, 0.717) is 5.82 Å². The van der Waals surface area contributed by atoms with Crippen LogP contribution < -0.4 is 5.73 Å². The molecule has 0 saturated carbocycles. The minimum absolute atomic E-state index is 0.468. The molecule has 106 valence electrons. The first-order valence-corrected chi connectivity index (χ1v) is 7.18. The molecule has 0 aliphatic rings. The Morgan fingerprint density at radius 2 is 1.52 bits per heavy atom. The second-order valence-electron chi connectivity index (χ2n) is 5.07. The molecule has 0 fully saturated rings. The highest BCUT2D eigenvalue weighted by atomic mass is 16.5. The average molecular weight is 278 g/mol. The van der Waals surface area contributed by atoms with Crippen molar-refractivity contribution in [2.24, 2.45) is 0 Å². The molecule has 2 aromatic carbocycles. The summed E-state index contributed by atoms with van der Waals surface area (Å²) in [7, 11) is 0. The summed E-state index contributed by atoms with van der Waals surface area (Å²) >= 11 is 0. The molecular formula is C18H18N2O. The lowest BCUT2D eigenvalue weighted by atomic mass is 10.0. The van der Waals surface area contributed by atoms with Crippen LogP contribution in [0.15, 0.2) is 65.2 Å². The summed E-state index contributed by atoms with van der Waals surface area (Å²) in [5.74, 6) is 1.34. The van der Waals surface area contributed by atoms with Crippen LogP contribution in [0.4, 0.5) is 5.82 Å². The normalized spacial score (nSPS) is 10.7. The van der Waals surface area contributed by atoms with Gasteiger partial charge in [0.05, 0.1) is 5.56 Å². The van der Waals surface area contributed by atoms with Crippen LogP contribution in [0.5, 0.6) is 0 Å². The van der Waals surface area contributed by atoms with Gasteiger partial charge in [-0.05, 0) is 24.0 Å². The molecule has 0 aliphatic heterocycles. The smallest absolute Gasteiger partial charge is 0.175 e. The number of nitrogens with zero attached hydrogens (tertiary/aromatic N) is 1. The highest BCUT2D eigenvalue weighted by Crippen LogP contribution is 2.30. The van der Waals surface area contributed by atoms with Gasteiger partial charge in [-0.1, -0.05) is 65.8 Å². The van der Waals surface area contributed by atoms with Crippen molar-refractivity contribution in [1.82, 2.24) is 5.16 Å². The van der Waals surface area contributed by atoms with E-state index < -0.39 is 0 Å². The van der Waals surface area contributed by atoms with E-state index in [9.17, 15) is 0 Å². The number of hydrogen-bond acceptors (Lipinski definition) is 3. The van der Waals surface area contributed by atoms with Gasteiger partial charge in [-0.25, -0.2) is 0 Å². The molecule has 3 aromatic rings. The van der Waals surface area contributed by atoms with Crippen LogP contribution >= 0.6 is 0 Å². The van der Waals surface area contributed by atoms with Gasteiger partial charge in [0.2, 0.25) is 0 Å². The number of aryl methyl sites for hydroxylation is 2. The van der Waals surface area contributed by atoms with E-state index in [-0.39, 0.29) is 0 Å². The topological polar surface area (TPSA) is 52.0 Å². The quantitative estimate of drug-likeness (QED) is 0.764. The lowest BCUT2D eigenvalue weighted by molar-refractivity contribution is 0.384. The van der Waals surface area contributed by atoms with Gasteiger partial charge < -0.3 is 10.3 Å². The number of rotatable bonds is 5. The minimum atomic E-state index is 0.468. The molecule has 0 bridgehead atoms. The number of nitrogens with two attached hydrogens (primary N) is 1. The lowest BCUT2D eigenvalue weighted by Gasteiger charge is -2.03. The van der Waals surface area contributed by atoms with Gasteiger partial charge in [-0.2, -0.15) is 0 Å². The molecule has 3 heteroatoms. The van der Waals surface area contributed by atoms with E-state index in [1.165, 1.54) is 5.56 Å². The lowest BCUT2D eigenvalue weighted by Crippen LogP contribution is -1.93. The number of hydrogen-bond donors (Lipinski definition) is 1. The Kier molecular flexibility index (Phi) is 4.01. The molecular weight excluding hydrogens is 260 g/mol. The standard InChI is InChI=1S/C18H18N2O/c19-18-17(15-11-5-2-6-12-15)16(21-20-18)13-7-10-14-8-3-1-4-9-14/h1-6,8-9,11-12H,7,10,13H2,(H2,19,20). The molecule has 0 atom stereocenters. The fraction of sp³-hybridized carbons (Fsp3) is 0.167. The summed E-state index contributed by atoms with van der Waals surface area (Å²) in [6.45, 7) is 0. The highest BCUT2D eigenvalue weighted by molar-refractivity contribution is 5.75. The van der Waals surface area contributed by atoms with Crippen molar-refractivity contribution in [3.05, 3.63) is 72.0 Å². The van der Waals surface area contributed by atoms with E-state index in [1.54, 1.807) is 0 Å². The second-order valence-corrected chi connectivity index (χ2v) is 5.07. The largest absolute Gasteiger partial charge is 0.380 e. The Hall–Kier alpha value is -2.55. The second kappa shape index (κ2) is 6.27. The van der Waals surface area contributed by atoms with E-state index in [4.69, 9.17) is 10.3 Å². The monoisotopic (exact) mass is 278 g/mol. The SMILES string of the molecule is Nc1noc(CCCc2ccccc2)c1-c1ccccc1. The van der Waals surface area contributed by atoms with Crippen LogP contribution in [0.2, 0.25) is 0 Å². The van der Waals surface area contributed by atoms with Crippen molar-refractivity contribution < 1.29 is 4.52 Å². The predicted octanol–water partition coefficient (Wildman–Crippen LogP) is 4.10. The van der Waals surface area contributed by atoms with Crippen LogP contribution in [0.25, 0.3) is 11.1 Å². The average Bonchev–Trinajstić information content (AvgIpc) is 2.90. The van der Waals surface area contributed by atoms with Gasteiger partial charge in [-0.3, -0.25) is 0 Å². The van der Waals surface area contributed by atoms with Gasteiger partial charge >= 0.3 is 0 Å². The third-order valence-electron chi connectivity index (χ3n) is 3.56. The Labute approximate surface area is 124 Å². The highest BCUT2D eigenvalue weighted by Gasteiger charge is 2.15. The molecule has 0 radical (unpaired) electrons. The van der Waals surface area contributed by atoms with Crippen molar-refractivity contribution in [3.63, 3.8) is 0 Å². The van der Waals surface area contributed by atoms with Crippen molar-refractivity contribution in [3.8, 4) is 11.1 Å². The fourth-order valence-electron chi connectivity index (χ4n) is 2.52. The first kappa shape index (κ1) is 13.4. The summed E-state index contributed by atoms with van der Waals surface area (Å²) in [4.78, 5) is 0. The van der Waals surface area contributed by atoms with Crippen LogP contribution in [-0.2, 0) is 12.8 Å². The molecule has 21 heavy (non-hydrogen) atoms. The Morgan fingerprint density at radius 1 is 0.857 bits per heavy atom. The predicted molar refractivity (Wildman–Crippen MR) is 84.8 cm³/mol. The Morgan fingerprint density at radius 3 is 2.24 bits per heavy atom. The van der Waals surface area contributed by atoms with Crippen molar-refractivity contribution in [2.75, 3.05) is 5.73 Å². The number of anilines is 1. The van der Waals surface area contributed by atoms with Gasteiger partial charge in [0, 0.05) is 6.42 Å². The molecule has 0 unspecified atom stereocenters. The van der Waals surface area contributed by atoms with Gasteiger partial charge in [0.15, 0.2) is 5.82 Å². The summed E-state index contributed by atoms with van der Waals surface area (Å²) in [5, 5.41) is 3.92. The van der Waals surface area contributed by atoms with E-state index in [1.807, 2.05) is 36.4 Å². The number of nitrogen functional groups attached to an aromatic ring is 1. The number of aromatic nitrogens is 1. The fourth-order valence-corrected chi connectivity index (χ4v) is 2.52. The van der Waals surface area contributed by atoms with Crippen molar-refractivity contribution in [1.29, 1.82) is 0 Å². The summed E-state index contributed by atoms with van der Waals surface area (Å²) in [5.41, 5.74) is 9.29. The third-order valence-corrected chi connectivity index (χ3v) is 3.56. The van der Waals surface area contributed by atoms with Gasteiger partial charge in [0.25, 0.3) is 0 Å². The number of benzene rings is 2. The Bertz CT molecular complexity index is 690. The molecule has 0 spiro atoms. The molecule has 1 heterocycles. The first-order valence-electron chi connectivity index (χ1n) is 7.18. The van der Waals surface area contributed by atoms with E-state index in [2.05, 4.69) is 29.4 Å². The third kappa shape index (κ3) is 3.14. The maximum atomic E-state index is 5.95.